The molecule has 0 heterocycles. The first-order chi connectivity index (χ1) is 12.8. The van der Waals surface area contributed by atoms with Crippen LogP contribution >= 0.6 is 0 Å². The fraction of sp³-hybridized carbons (Fsp3) is 0.381. The van der Waals surface area contributed by atoms with Crippen LogP contribution in [0.25, 0.3) is 0 Å². The van der Waals surface area contributed by atoms with E-state index in [1.54, 1.807) is 19.9 Å². The van der Waals surface area contributed by atoms with Crippen molar-refractivity contribution in [1.82, 2.24) is 10.0 Å². The molecule has 146 valence electrons. The summed E-state index contributed by atoms with van der Waals surface area (Å²) in [6.07, 6.45) is 0.699. The molecule has 2 N–H and O–H groups in total. The number of carbonyl (C=O) groups is 1. The fourth-order valence-electron chi connectivity index (χ4n) is 3.04. The molecule has 27 heavy (non-hydrogen) atoms. The maximum Gasteiger partial charge on any atom is 0.227 e. The smallest absolute Gasteiger partial charge is 0.227 e. The molecule has 1 unspecified atom stereocenters. The number of rotatable bonds is 9. The molecule has 2 aromatic rings. The van der Waals surface area contributed by atoms with Gasteiger partial charge in [-0.2, -0.15) is 0 Å². The normalized spacial score (nSPS) is 12.7. The minimum absolute atomic E-state index is 0.0540. The molecule has 2 aromatic carbocycles. The molecule has 5 nitrogen and oxygen atoms in total. The molecule has 1 amide bonds. The standard InChI is InChI=1S/C21H28N2O3S/c1-4-20(17-10-6-5-7-11-17)21(24)22-14-18-12-8-9-13-19(18)15-27(25,26)23-16(2)3/h5-13,16,20,23H,4,14-15H2,1-3H3,(H,22,24). The van der Waals surface area contributed by atoms with Crippen LogP contribution in [0.2, 0.25) is 0 Å². The van der Waals surface area contributed by atoms with Gasteiger partial charge in [-0.3, -0.25) is 4.79 Å². The Morgan fingerprint density at radius 1 is 0.963 bits per heavy atom. The van der Waals surface area contributed by atoms with Gasteiger partial charge < -0.3 is 5.32 Å². The van der Waals surface area contributed by atoms with E-state index in [4.69, 9.17) is 0 Å². The number of nitrogens with one attached hydrogen (secondary N) is 2. The zero-order chi connectivity index (χ0) is 19.9. The second-order valence-electron chi connectivity index (χ2n) is 6.89. The molecule has 0 saturated heterocycles. The SMILES string of the molecule is CCC(C(=O)NCc1ccccc1CS(=O)(=O)NC(C)C)c1ccccc1. The summed E-state index contributed by atoms with van der Waals surface area (Å²) in [6, 6.07) is 16.8. The van der Waals surface area contributed by atoms with Gasteiger partial charge in [-0.1, -0.05) is 61.5 Å². The van der Waals surface area contributed by atoms with Gasteiger partial charge in [0, 0.05) is 12.6 Å². The summed E-state index contributed by atoms with van der Waals surface area (Å²) in [6.45, 7) is 5.86. The van der Waals surface area contributed by atoms with Gasteiger partial charge in [0.15, 0.2) is 0 Å². The summed E-state index contributed by atoms with van der Waals surface area (Å²) in [5.74, 6) is -0.376. The van der Waals surface area contributed by atoms with Crippen LogP contribution in [-0.2, 0) is 27.1 Å². The van der Waals surface area contributed by atoms with Gasteiger partial charge in [-0.25, -0.2) is 13.1 Å². The Kier molecular flexibility index (Phi) is 7.56. The van der Waals surface area contributed by atoms with Gasteiger partial charge in [0.25, 0.3) is 0 Å². The van der Waals surface area contributed by atoms with E-state index >= 15 is 0 Å². The highest BCUT2D eigenvalue weighted by molar-refractivity contribution is 7.88. The number of carbonyl (C=O) groups excluding carboxylic acids is 1. The van der Waals surface area contributed by atoms with Crippen molar-refractivity contribution in [3.05, 3.63) is 71.3 Å². The van der Waals surface area contributed by atoms with Crippen LogP contribution < -0.4 is 10.0 Å². The van der Waals surface area contributed by atoms with Crippen LogP contribution in [-0.4, -0.2) is 20.4 Å². The molecule has 1 atom stereocenters. The Morgan fingerprint density at radius 3 is 2.15 bits per heavy atom. The lowest BCUT2D eigenvalue weighted by Crippen LogP contribution is -2.32. The van der Waals surface area contributed by atoms with E-state index in [0.717, 1.165) is 11.1 Å². The number of hydrogen-bond acceptors (Lipinski definition) is 3. The Hall–Kier alpha value is -2.18. The highest BCUT2D eigenvalue weighted by atomic mass is 32.2. The number of sulfonamides is 1. The molecule has 0 fully saturated rings. The summed E-state index contributed by atoms with van der Waals surface area (Å²) in [7, 11) is -3.42. The summed E-state index contributed by atoms with van der Waals surface area (Å²) < 4.78 is 27.1. The van der Waals surface area contributed by atoms with Crippen LogP contribution in [0.4, 0.5) is 0 Å². The highest BCUT2D eigenvalue weighted by Crippen LogP contribution is 2.20. The van der Waals surface area contributed by atoms with Crippen molar-refractivity contribution in [2.75, 3.05) is 0 Å². The third kappa shape index (κ3) is 6.48. The molecular weight excluding hydrogens is 360 g/mol. The molecule has 0 bridgehead atoms. The summed E-state index contributed by atoms with van der Waals surface area (Å²) >= 11 is 0. The Morgan fingerprint density at radius 2 is 1.56 bits per heavy atom. The topological polar surface area (TPSA) is 75.3 Å². The molecule has 0 spiro atoms. The zero-order valence-electron chi connectivity index (χ0n) is 16.1. The fourth-order valence-corrected chi connectivity index (χ4v) is 4.53. The van der Waals surface area contributed by atoms with E-state index < -0.39 is 10.0 Å². The summed E-state index contributed by atoms with van der Waals surface area (Å²) in [5.41, 5.74) is 2.48. The van der Waals surface area contributed by atoms with Gasteiger partial charge in [-0.15, -0.1) is 0 Å². The maximum atomic E-state index is 12.6. The minimum atomic E-state index is -3.42. The Balaban J connectivity index is 2.09. The average Bonchev–Trinajstić information content (AvgIpc) is 2.61. The molecule has 0 aliphatic rings. The van der Waals surface area contributed by atoms with E-state index in [2.05, 4.69) is 10.0 Å². The van der Waals surface area contributed by atoms with Crippen molar-refractivity contribution in [3.63, 3.8) is 0 Å². The monoisotopic (exact) mass is 388 g/mol. The summed E-state index contributed by atoms with van der Waals surface area (Å²) in [5, 5.41) is 2.96. The highest BCUT2D eigenvalue weighted by Gasteiger charge is 2.19. The maximum absolute atomic E-state index is 12.6. The second kappa shape index (κ2) is 9.67. The molecular formula is C21H28N2O3S. The van der Waals surface area contributed by atoms with Gasteiger partial charge >= 0.3 is 0 Å². The van der Waals surface area contributed by atoms with Gasteiger partial charge in [-0.05, 0) is 37.0 Å². The van der Waals surface area contributed by atoms with E-state index in [9.17, 15) is 13.2 Å². The van der Waals surface area contributed by atoms with E-state index in [0.29, 0.717) is 18.5 Å². The van der Waals surface area contributed by atoms with Crippen LogP contribution in [0.1, 0.15) is 49.8 Å². The predicted molar refractivity (Wildman–Crippen MR) is 109 cm³/mol. The predicted octanol–water partition coefficient (Wildman–Crippen LogP) is 3.32. The van der Waals surface area contributed by atoms with Gasteiger partial charge in [0.2, 0.25) is 15.9 Å². The molecule has 0 aromatic heterocycles. The lowest BCUT2D eigenvalue weighted by atomic mass is 9.95. The van der Waals surface area contributed by atoms with E-state index in [1.807, 2.05) is 55.5 Å². The van der Waals surface area contributed by atoms with Crippen molar-refractivity contribution in [2.45, 2.75) is 51.4 Å². The van der Waals surface area contributed by atoms with Crippen LogP contribution in [0.5, 0.6) is 0 Å². The first-order valence-corrected chi connectivity index (χ1v) is 10.9. The van der Waals surface area contributed by atoms with Crippen molar-refractivity contribution < 1.29 is 13.2 Å². The largest absolute Gasteiger partial charge is 0.351 e. The number of benzene rings is 2. The van der Waals surface area contributed by atoms with Gasteiger partial charge in [0.05, 0.1) is 11.7 Å². The average molecular weight is 389 g/mol. The van der Waals surface area contributed by atoms with Crippen molar-refractivity contribution in [1.29, 1.82) is 0 Å². The number of amides is 1. The van der Waals surface area contributed by atoms with E-state index in [-0.39, 0.29) is 23.6 Å². The molecule has 0 radical (unpaired) electrons. The third-order valence-corrected chi connectivity index (χ3v) is 5.78. The van der Waals surface area contributed by atoms with Crippen LogP contribution in [0.3, 0.4) is 0 Å². The first-order valence-electron chi connectivity index (χ1n) is 9.22. The first kappa shape index (κ1) is 21.1. The van der Waals surface area contributed by atoms with Crippen molar-refractivity contribution >= 4 is 15.9 Å². The van der Waals surface area contributed by atoms with Crippen molar-refractivity contribution in [2.24, 2.45) is 0 Å². The third-order valence-electron chi connectivity index (χ3n) is 4.26. The molecule has 2 rings (SSSR count). The molecule has 0 saturated carbocycles. The lowest BCUT2D eigenvalue weighted by Gasteiger charge is -2.17. The summed E-state index contributed by atoms with van der Waals surface area (Å²) in [4.78, 5) is 12.6. The Labute approximate surface area is 162 Å². The number of hydrogen-bond donors (Lipinski definition) is 2. The van der Waals surface area contributed by atoms with E-state index in [1.165, 1.54) is 0 Å². The van der Waals surface area contributed by atoms with Crippen LogP contribution in [0.15, 0.2) is 54.6 Å². The Bertz CT molecular complexity index is 849. The second-order valence-corrected chi connectivity index (χ2v) is 8.64. The van der Waals surface area contributed by atoms with Gasteiger partial charge in [0.1, 0.15) is 0 Å². The quantitative estimate of drug-likeness (QED) is 0.692. The minimum Gasteiger partial charge on any atom is -0.351 e. The molecule has 6 heteroatoms. The van der Waals surface area contributed by atoms with Crippen molar-refractivity contribution in [3.8, 4) is 0 Å². The molecule has 0 aliphatic carbocycles. The zero-order valence-corrected chi connectivity index (χ0v) is 16.9. The van der Waals surface area contributed by atoms with Crippen LogP contribution in [0, 0.1) is 0 Å². The lowest BCUT2D eigenvalue weighted by molar-refractivity contribution is -0.122. The molecule has 0 aliphatic heterocycles.